The van der Waals surface area contributed by atoms with Gasteiger partial charge in [-0.3, -0.25) is 9.59 Å². The molecule has 0 radical (unpaired) electrons. The van der Waals surface area contributed by atoms with Crippen LogP contribution >= 0.6 is 11.3 Å². The summed E-state index contributed by atoms with van der Waals surface area (Å²) in [5.41, 5.74) is 0.212. The number of likely N-dealkylation sites (N-methyl/N-ethyl adjacent to an activating group) is 1. The number of aromatic nitrogens is 1. The molecule has 0 aromatic carbocycles. The Hall–Kier alpha value is -1.19. The maximum atomic E-state index is 12.0. The van der Waals surface area contributed by atoms with Crippen molar-refractivity contribution in [3.05, 3.63) is 15.4 Å². The molecule has 1 unspecified atom stereocenters. The van der Waals surface area contributed by atoms with Crippen LogP contribution in [0.2, 0.25) is 0 Å². The molecule has 7 nitrogen and oxygen atoms in total. The molecule has 17 heavy (non-hydrogen) atoms. The van der Waals surface area contributed by atoms with E-state index in [9.17, 15) is 18.0 Å². The summed E-state index contributed by atoms with van der Waals surface area (Å²) < 4.78 is 24.6. The van der Waals surface area contributed by atoms with Crippen molar-refractivity contribution < 1.29 is 18.3 Å². The number of carboxylic acids is 1. The summed E-state index contributed by atoms with van der Waals surface area (Å²) in [5, 5.41) is 8.76. The summed E-state index contributed by atoms with van der Waals surface area (Å²) in [4.78, 5) is 23.6. The Labute approximate surface area is 102 Å². The zero-order valence-electron chi connectivity index (χ0n) is 9.42. The molecule has 0 fully saturated rings. The molecule has 0 aliphatic carbocycles. The Morgan fingerprint density at radius 3 is 2.41 bits per heavy atom. The molecule has 0 bridgehead atoms. The summed E-state index contributed by atoms with van der Waals surface area (Å²) in [6, 6.07) is -1.20. The first kappa shape index (κ1) is 13.9. The molecule has 0 amide bonds. The third-order valence-electron chi connectivity index (χ3n) is 2.30. The number of carboxylic acid groups (broad SMARTS) is 1. The van der Waals surface area contributed by atoms with E-state index in [1.54, 1.807) is 0 Å². The zero-order valence-corrected chi connectivity index (χ0v) is 11.1. The predicted molar refractivity (Wildman–Crippen MR) is 61.7 cm³/mol. The molecule has 0 saturated carbocycles. The van der Waals surface area contributed by atoms with Gasteiger partial charge in [-0.05, 0) is 13.8 Å². The van der Waals surface area contributed by atoms with E-state index in [2.05, 4.69) is 4.98 Å². The molecule has 0 saturated heterocycles. The molecule has 0 spiro atoms. The van der Waals surface area contributed by atoms with Crippen molar-refractivity contribution in [2.75, 3.05) is 7.05 Å². The van der Waals surface area contributed by atoms with Gasteiger partial charge in [-0.1, -0.05) is 11.3 Å². The van der Waals surface area contributed by atoms with Gasteiger partial charge in [0.2, 0.25) is 0 Å². The monoisotopic (exact) mass is 280 g/mol. The summed E-state index contributed by atoms with van der Waals surface area (Å²) in [5.74, 6) is -1.25. The lowest BCUT2D eigenvalue weighted by Gasteiger charge is -2.20. The average molecular weight is 280 g/mol. The number of nitrogens with zero attached hydrogens (tertiary/aromatic N) is 1. The van der Waals surface area contributed by atoms with Gasteiger partial charge in [0.25, 0.3) is 10.0 Å². The quantitative estimate of drug-likeness (QED) is 0.796. The molecule has 1 atom stereocenters. The predicted octanol–water partition coefficient (Wildman–Crippen LogP) is -0.162. The highest BCUT2D eigenvalue weighted by Gasteiger charge is 2.32. The van der Waals surface area contributed by atoms with Gasteiger partial charge in [0.1, 0.15) is 6.04 Å². The average Bonchev–Trinajstić information content (AvgIpc) is 2.56. The molecule has 96 valence electrons. The van der Waals surface area contributed by atoms with Crippen molar-refractivity contribution in [2.45, 2.75) is 24.1 Å². The molecule has 2 N–H and O–H groups in total. The van der Waals surface area contributed by atoms with Crippen molar-refractivity contribution >= 4 is 27.3 Å². The lowest BCUT2D eigenvalue weighted by atomic mass is 10.4. The Bertz CT molecular complexity index is 585. The lowest BCUT2D eigenvalue weighted by Crippen LogP contribution is -2.40. The highest BCUT2D eigenvalue weighted by molar-refractivity contribution is 7.91. The molecular formula is C8H12N2O5S2. The van der Waals surface area contributed by atoms with Gasteiger partial charge in [0, 0.05) is 12.7 Å². The largest absolute Gasteiger partial charge is 0.480 e. The van der Waals surface area contributed by atoms with Gasteiger partial charge in [0.15, 0.2) is 4.21 Å². The van der Waals surface area contributed by atoms with Gasteiger partial charge in [-0.2, -0.15) is 4.31 Å². The molecule has 9 heteroatoms. The van der Waals surface area contributed by atoms with Crippen molar-refractivity contribution in [1.29, 1.82) is 0 Å². The number of aromatic amines is 1. The van der Waals surface area contributed by atoms with Crippen LogP contribution in [0, 0.1) is 6.92 Å². The molecule has 1 aromatic heterocycles. The van der Waals surface area contributed by atoms with Crippen LogP contribution in [-0.2, 0) is 14.8 Å². The highest BCUT2D eigenvalue weighted by Crippen LogP contribution is 2.21. The third kappa shape index (κ3) is 2.56. The van der Waals surface area contributed by atoms with Gasteiger partial charge < -0.3 is 10.1 Å². The summed E-state index contributed by atoms with van der Waals surface area (Å²) in [6.45, 7) is 2.70. The number of nitrogens with one attached hydrogen (secondary N) is 1. The van der Waals surface area contributed by atoms with Gasteiger partial charge in [0.05, 0.1) is 0 Å². The van der Waals surface area contributed by atoms with Gasteiger partial charge in [-0.15, -0.1) is 0 Å². The minimum absolute atomic E-state index is 0.155. The second-order valence-corrected chi connectivity index (χ2v) is 6.64. The standard InChI is InChI=1S/C8H12N2O5S2/c1-4-7(16-8(13)9-4)17(14,15)10(3)5(2)6(11)12/h5H,1-3H3,(H,9,13)(H,11,12). The van der Waals surface area contributed by atoms with Crippen LogP contribution < -0.4 is 4.87 Å². The molecular weight excluding hydrogens is 268 g/mol. The Kier molecular flexibility index (Phi) is 3.74. The lowest BCUT2D eigenvalue weighted by molar-refractivity contribution is -0.140. The van der Waals surface area contributed by atoms with E-state index in [0.29, 0.717) is 11.3 Å². The number of aliphatic carboxylic acids is 1. The number of thiazole rings is 1. The number of rotatable bonds is 4. The minimum atomic E-state index is -3.95. The second kappa shape index (κ2) is 4.59. The molecule has 0 aliphatic heterocycles. The zero-order chi connectivity index (χ0) is 13.4. The van der Waals surface area contributed by atoms with Crippen molar-refractivity contribution in [3.8, 4) is 0 Å². The van der Waals surface area contributed by atoms with Crippen molar-refractivity contribution in [3.63, 3.8) is 0 Å². The molecule has 0 aliphatic rings. The van der Waals surface area contributed by atoms with Crippen LogP contribution in [0.5, 0.6) is 0 Å². The normalized spacial score (nSPS) is 13.9. The fraction of sp³-hybridized carbons (Fsp3) is 0.500. The maximum absolute atomic E-state index is 12.0. The number of sulfonamides is 1. The fourth-order valence-electron chi connectivity index (χ4n) is 1.13. The molecule has 1 aromatic rings. The Balaban J connectivity index is 3.25. The van der Waals surface area contributed by atoms with E-state index in [-0.39, 0.29) is 9.90 Å². The SMILES string of the molecule is Cc1[nH]c(=O)sc1S(=O)(=O)N(C)C(C)C(=O)O. The van der Waals surface area contributed by atoms with E-state index in [0.717, 1.165) is 11.4 Å². The van der Waals surface area contributed by atoms with Crippen LogP contribution in [0.25, 0.3) is 0 Å². The van der Waals surface area contributed by atoms with E-state index >= 15 is 0 Å². The van der Waals surface area contributed by atoms with E-state index < -0.39 is 26.9 Å². The van der Waals surface area contributed by atoms with Crippen LogP contribution in [0.3, 0.4) is 0 Å². The number of hydrogen-bond acceptors (Lipinski definition) is 5. The topological polar surface area (TPSA) is 108 Å². The number of carbonyl (C=O) groups is 1. The Morgan fingerprint density at radius 1 is 1.53 bits per heavy atom. The first-order valence-corrected chi connectivity index (χ1v) is 6.84. The summed E-state index contributed by atoms with van der Waals surface area (Å²) in [7, 11) is -2.79. The molecule has 1 heterocycles. The maximum Gasteiger partial charge on any atom is 0.321 e. The van der Waals surface area contributed by atoms with Crippen LogP contribution in [0.15, 0.2) is 9.00 Å². The minimum Gasteiger partial charge on any atom is -0.480 e. The number of aryl methyl sites for hydroxylation is 1. The van der Waals surface area contributed by atoms with Crippen molar-refractivity contribution in [1.82, 2.24) is 9.29 Å². The Morgan fingerprint density at radius 2 is 2.06 bits per heavy atom. The fourth-order valence-corrected chi connectivity index (χ4v) is 3.91. The van der Waals surface area contributed by atoms with Gasteiger partial charge >= 0.3 is 10.8 Å². The number of hydrogen-bond donors (Lipinski definition) is 2. The third-order valence-corrected chi connectivity index (χ3v) is 5.81. The smallest absolute Gasteiger partial charge is 0.321 e. The van der Waals surface area contributed by atoms with Crippen molar-refractivity contribution in [2.24, 2.45) is 0 Å². The summed E-state index contributed by atoms with van der Waals surface area (Å²) >= 11 is 0.545. The van der Waals surface area contributed by atoms with Crippen LogP contribution in [0.1, 0.15) is 12.6 Å². The highest BCUT2D eigenvalue weighted by atomic mass is 32.2. The van der Waals surface area contributed by atoms with Crippen LogP contribution in [-0.4, -0.2) is 41.9 Å². The first-order valence-electron chi connectivity index (χ1n) is 4.58. The second-order valence-electron chi connectivity index (χ2n) is 3.46. The number of H-pyrrole nitrogens is 1. The molecule has 1 rings (SSSR count). The van der Waals surface area contributed by atoms with E-state index in [1.807, 2.05) is 0 Å². The van der Waals surface area contributed by atoms with E-state index in [4.69, 9.17) is 5.11 Å². The van der Waals surface area contributed by atoms with Gasteiger partial charge in [-0.25, -0.2) is 8.42 Å². The summed E-state index contributed by atoms with van der Waals surface area (Å²) in [6.07, 6.45) is 0. The first-order chi connectivity index (χ1) is 7.67. The van der Waals surface area contributed by atoms with Crippen LogP contribution in [0.4, 0.5) is 0 Å². The van der Waals surface area contributed by atoms with E-state index in [1.165, 1.54) is 13.8 Å².